The van der Waals surface area contributed by atoms with Crippen LogP contribution in [0.3, 0.4) is 0 Å². The minimum atomic E-state index is -3.58. The van der Waals surface area contributed by atoms with Crippen LogP contribution in [0.1, 0.15) is 30.0 Å². The second-order valence-corrected chi connectivity index (χ2v) is 9.97. The first-order valence-corrected chi connectivity index (χ1v) is 12.3. The number of carbonyl (C=O) groups is 1. The molecule has 1 N–H and O–H groups in total. The molecule has 2 heterocycles. The van der Waals surface area contributed by atoms with Gasteiger partial charge in [0.25, 0.3) is 0 Å². The van der Waals surface area contributed by atoms with Crippen LogP contribution in [-0.4, -0.2) is 36.7 Å². The summed E-state index contributed by atoms with van der Waals surface area (Å²) in [6.45, 7) is 0.647. The third-order valence-corrected chi connectivity index (χ3v) is 7.78. The fourth-order valence-corrected chi connectivity index (χ4v) is 5.52. The maximum atomic E-state index is 13.1. The number of carbonyl (C=O) groups excluding carboxylic acids is 1. The molecular formula is C25H27N3O3S. The average Bonchev–Trinajstić information content (AvgIpc) is 2.85. The number of sulfonamides is 1. The molecule has 3 aromatic rings. The zero-order valence-corrected chi connectivity index (χ0v) is 18.6. The maximum Gasteiger partial charge on any atom is 0.244 e. The average molecular weight is 450 g/mol. The summed E-state index contributed by atoms with van der Waals surface area (Å²) in [5.74, 6) is -0.231. The second kappa shape index (κ2) is 10.1. The molecule has 2 aromatic carbocycles. The van der Waals surface area contributed by atoms with Crippen LogP contribution in [0.2, 0.25) is 0 Å². The number of rotatable bonds is 7. The Hall–Kier alpha value is -3.03. The molecule has 0 spiro atoms. The van der Waals surface area contributed by atoms with Crippen LogP contribution >= 0.6 is 0 Å². The van der Waals surface area contributed by atoms with E-state index in [-0.39, 0.29) is 22.8 Å². The highest BCUT2D eigenvalue weighted by Crippen LogP contribution is 2.25. The van der Waals surface area contributed by atoms with Crippen molar-refractivity contribution in [1.29, 1.82) is 0 Å². The van der Waals surface area contributed by atoms with Gasteiger partial charge in [-0.05, 0) is 42.5 Å². The van der Waals surface area contributed by atoms with Gasteiger partial charge in [0.2, 0.25) is 15.9 Å². The first-order chi connectivity index (χ1) is 15.5. The fraction of sp³-hybridized carbons (Fsp3) is 0.280. The lowest BCUT2D eigenvalue weighted by Gasteiger charge is -2.31. The Labute approximate surface area is 189 Å². The monoisotopic (exact) mass is 449 g/mol. The molecule has 1 amide bonds. The van der Waals surface area contributed by atoms with Gasteiger partial charge in [0.05, 0.1) is 6.04 Å². The maximum absolute atomic E-state index is 13.1. The fourth-order valence-electron chi connectivity index (χ4n) is 4.08. The number of aromatic nitrogens is 1. The zero-order chi connectivity index (χ0) is 22.4. The molecule has 0 bridgehead atoms. The van der Waals surface area contributed by atoms with Crippen molar-refractivity contribution in [1.82, 2.24) is 14.6 Å². The van der Waals surface area contributed by atoms with Crippen molar-refractivity contribution < 1.29 is 13.2 Å². The molecule has 0 saturated carbocycles. The quantitative estimate of drug-likeness (QED) is 0.598. The van der Waals surface area contributed by atoms with Crippen LogP contribution in [0, 0.1) is 5.92 Å². The highest BCUT2D eigenvalue weighted by molar-refractivity contribution is 7.89. The Morgan fingerprint density at radius 3 is 2.25 bits per heavy atom. The number of nitrogens with one attached hydrogen (secondary N) is 1. The van der Waals surface area contributed by atoms with E-state index in [1.165, 1.54) is 10.5 Å². The van der Waals surface area contributed by atoms with Gasteiger partial charge in [-0.15, -0.1) is 0 Å². The van der Waals surface area contributed by atoms with Crippen molar-refractivity contribution in [3.05, 3.63) is 96.3 Å². The molecule has 166 valence electrons. The summed E-state index contributed by atoms with van der Waals surface area (Å²) in [5, 5.41) is 3.22. The van der Waals surface area contributed by atoms with E-state index < -0.39 is 10.0 Å². The minimum absolute atomic E-state index is 0.0202. The summed E-state index contributed by atoms with van der Waals surface area (Å²) >= 11 is 0. The lowest BCUT2D eigenvalue weighted by molar-refractivity contribution is -0.126. The lowest BCUT2D eigenvalue weighted by Crippen LogP contribution is -2.44. The molecule has 7 heteroatoms. The standard InChI is InChI=1S/C25H27N3O3S/c29-25(22-13-16-28(17-14-22)32(30,31)23-12-7-15-26-19-23)27-24(21-10-5-2-6-11-21)18-20-8-3-1-4-9-20/h1-12,15,19,22,24H,13-14,16-18H2,(H,27,29). The number of hydrogen-bond acceptors (Lipinski definition) is 4. The van der Waals surface area contributed by atoms with Gasteiger partial charge in [-0.3, -0.25) is 9.78 Å². The molecule has 1 atom stereocenters. The predicted octanol–water partition coefficient (Wildman–Crippen LogP) is 3.58. The van der Waals surface area contributed by atoms with Crippen molar-refractivity contribution in [2.24, 2.45) is 5.92 Å². The van der Waals surface area contributed by atoms with Gasteiger partial charge in [-0.25, -0.2) is 8.42 Å². The number of pyridine rings is 1. The SMILES string of the molecule is O=C(NC(Cc1ccccc1)c1ccccc1)C1CCN(S(=O)(=O)c2cccnc2)CC1. The van der Waals surface area contributed by atoms with E-state index in [9.17, 15) is 13.2 Å². The van der Waals surface area contributed by atoms with E-state index in [2.05, 4.69) is 22.4 Å². The van der Waals surface area contributed by atoms with E-state index in [1.807, 2.05) is 48.5 Å². The van der Waals surface area contributed by atoms with Crippen LogP contribution in [0.5, 0.6) is 0 Å². The largest absolute Gasteiger partial charge is 0.349 e. The summed E-state index contributed by atoms with van der Waals surface area (Å²) in [7, 11) is -3.58. The summed E-state index contributed by atoms with van der Waals surface area (Å²) in [5.41, 5.74) is 2.21. The Morgan fingerprint density at radius 1 is 0.969 bits per heavy atom. The van der Waals surface area contributed by atoms with Gasteiger partial charge < -0.3 is 5.32 Å². The number of nitrogens with zero attached hydrogens (tertiary/aromatic N) is 2. The van der Waals surface area contributed by atoms with E-state index in [0.717, 1.165) is 11.1 Å². The van der Waals surface area contributed by atoms with Crippen molar-refractivity contribution in [3.8, 4) is 0 Å². The Kier molecular flexibility index (Phi) is 6.97. The number of hydrogen-bond donors (Lipinski definition) is 1. The smallest absolute Gasteiger partial charge is 0.244 e. The second-order valence-electron chi connectivity index (χ2n) is 8.03. The van der Waals surface area contributed by atoms with Crippen LogP contribution < -0.4 is 5.32 Å². The molecule has 1 aliphatic rings. The van der Waals surface area contributed by atoms with Gasteiger partial charge in [-0.2, -0.15) is 4.31 Å². The van der Waals surface area contributed by atoms with Crippen LogP contribution in [0.25, 0.3) is 0 Å². The Morgan fingerprint density at radius 2 is 1.62 bits per heavy atom. The topological polar surface area (TPSA) is 79.4 Å². The van der Waals surface area contributed by atoms with E-state index in [4.69, 9.17) is 0 Å². The number of benzene rings is 2. The van der Waals surface area contributed by atoms with Gasteiger partial charge in [0, 0.05) is 31.4 Å². The summed E-state index contributed by atoms with van der Waals surface area (Å²) in [4.78, 5) is 17.2. The minimum Gasteiger partial charge on any atom is -0.349 e. The predicted molar refractivity (Wildman–Crippen MR) is 123 cm³/mol. The molecule has 1 aliphatic heterocycles. The summed E-state index contributed by atoms with van der Waals surface area (Å²) in [6, 6.07) is 23.1. The zero-order valence-electron chi connectivity index (χ0n) is 17.8. The summed E-state index contributed by atoms with van der Waals surface area (Å²) in [6.07, 6.45) is 4.61. The third kappa shape index (κ3) is 5.23. The van der Waals surface area contributed by atoms with Crippen LogP contribution in [0.15, 0.2) is 90.1 Å². The van der Waals surface area contributed by atoms with Gasteiger partial charge >= 0.3 is 0 Å². The van der Waals surface area contributed by atoms with E-state index in [0.29, 0.717) is 32.4 Å². The van der Waals surface area contributed by atoms with Crippen molar-refractivity contribution >= 4 is 15.9 Å². The molecule has 1 aromatic heterocycles. The first kappa shape index (κ1) is 22.2. The highest BCUT2D eigenvalue weighted by atomic mass is 32.2. The number of piperidine rings is 1. The van der Waals surface area contributed by atoms with Gasteiger partial charge in [-0.1, -0.05) is 60.7 Å². The normalized spacial score (nSPS) is 16.4. The third-order valence-electron chi connectivity index (χ3n) is 5.90. The highest BCUT2D eigenvalue weighted by Gasteiger charge is 2.33. The van der Waals surface area contributed by atoms with Gasteiger partial charge in [0.15, 0.2) is 0 Å². The van der Waals surface area contributed by atoms with Crippen molar-refractivity contribution in [3.63, 3.8) is 0 Å². The molecule has 1 unspecified atom stereocenters. The Bertz CT molecular complexity index is 1110. The van der Waals surface area contributed by atoms with E-state index in [1.54, 1.807) is 18.3 Å². The first-order valence-electron chi connectivity index (χ1n) is 10.8. The molecule has 32 heavy (non-hydrogen) atoms. The number of amides is 1. The molecule has 1 saturated heterocycles. The van der Waals surface area contributed by atoms with Crippen LogP contribution in [-0.2, 0) is 21.2 Å². The van der Waals surface area contributed by atoms with Crippen LogP contribution in [0.4, 0.5) is 0 Å². The molecule has 6 nitrogen and oxygen atoms in total. The lowest BCUT2D eigenvalue weighted by atomic mass is 9.94. The molecule has 0 radical (unpaired) electrons. The molecule has 1 fully saturated rings. The summed E-state index contributed by atoms with van der Waals surface area (Å²) < 4.78 is 27.1. The van der Waals surface area contributed by atoms with Gasteiger partial charge in [0.1, 0.15) is 4.90 Å². The van der Waals surface area contributed by atoms with Crippen molar-refractivity contribution in [2.75, 3.05) is 13.1 Å². The molecule has 0 aliphatic carbocycles. The molecule has 4 rings (SSSR count). The van der Waals surface area contributed by atoms with Crippen molar-refractivity contribution in [2.45, 2.75) is 30.2 Å². The molecular weight excluding hydrogens is 422 g/mol. The Balaban J connectivity index is 1.41. The van der Waals surface area contributed by atoms with E-state index >= 15 is 0 Å².